The number of hydrogen-bond acceptors (Lipinski definition) is 8. The number of anilines is 2. The maximum absolute atomic E-state index is 13.3. The summed E-state index contributed by atoms with van der Waals surface area (Å²) < 4.78 is 0. The summed E-state index contributed by atoms with van der Waals surface area (Å²) >= 11 is 0. The molecule has 6 amide bonds. The molecule has 0 unspecified atom stereocenters. The van der Waals surface area contributed by atoms with Crippen LogP contribution < -0.4 is 21.3 Å². The summed E-state index contributed by atoms with van der Waals surface area (Å²) in [6.07, 6.45) is 0.730. The van der Waals surface area contributed by atoms with Gasteiger partial charge in [-0.25, -0.2) is 0 Å². The zero-order chi connectivity index (χ0) is 33.2. The van der Waals surface area contributed by atoms with Crippen LogP contribution in [0.3, 0.4) is 0 Å². The number of nitrogens with one attached hydrogen (secondary N) is 4. The Labute approximate surface area is 270 Å². The van der Waals surface area contributed by atoms with Crippen LogP contribution in [0.5, 0.6) is 0 Å². The number of rotatable bonds is 12. The van der Waals surface area contributed by atoms with E-state index in [2.05, 4.69) is 21.3 Å². The molecule has 0 radical (unpaired) electrons. The fourth-order valence-electron chi connectivity index (χ4n) is 6.24. The van der Waals surface area contributed by atoms with Gasteiger partial charge in [0.05, 0.1) is 11.1 Å². The summed E-state index contributed by atoms with van der Waals surface area (Å²) in [6.45, 7) is 5.19. The molecule has 0 aromatic heterocycles. The first-order valence-corrected chi connectivity index (χ1v) is 15.5. The van der Waals surface area contributed by atoms with Crippen molar-refractivity contribution in [2.24, 2.45) is 0 Å². The van der Waals surface area contributed by atoms with Crippen molar-refractivity contribution in [1.82, 2.24) is 20.4 Å². The lowest BCUT2D eigenvalue weighted by molar-refractivity contribution is -0.115. The third-order valence-electron chi connectivity index (χ3n) is 8.23. The summed E-state index contributed by atoms with van der Waals surface area (Å²) in [5, 5.41) is 14.6. The molecule has 0 fully saturated rings. The summed E-state index contributed by atoms with van der Waals surface area (Å²) in [5.41, 5.74) is 2.66. The molecule has 0 saturated carbocycles. The summed E-state index contributed by atoms with van der Waals surface area (Å²) in [6, 6.07) is 17.3. The predicted octanol–water partition coefficient (Wildman–Crippen LogP) is 3.37. The number of carbonyl (C=O) groups excluding carboxylic acids is 6. The standard InChI is InChI=1S/C35H34N6O6/c1-20(42)38-24-16-22-6-3-8-26-30(22)28(18-24)34(46)40(32(26)44)14-12-36-10-5-11-37-13-15-41-33(45)27-9-4-7-23-17-25(39-21(2)43)19-29(31(23)27)35(41)47/h3-4,6-9,16-19,36-37H,5,10-15H2,1-2H3,(H,38,42)(H,39,43). The van der Waals surface area contributed by atoms with Gasteiger partial charge in [0.1, 0.15) is 0 Å². The van der Waals surface area contributed by atoms with Gasteiger partial charge >= 0.3 is 0 Å². The monoisotopic (exact) mass is 634 g/mol. The minimum Gasteiger partial charge on any atom is -0.326 e. The van der Waals surface area contributed by atoms with Gasteiger partial charge in [-0.3, -0.25) is 38.6 Å². The molecule has 0 aliphatic carbocycles. The van der Waals surface area contributed by atoms with Crippen molar-refractivity contribution >= 4 is 68.4 Å². The maximum Gasteiger partial charge on any atom is 0.261 e. The molecule has 0 spiro atoms. The van der Waals surface area contributed by atoms with Gasteiger partial charge in [-0.2, -0.15) is 0 Å². The quantitative estimate of drug-likeness (QED) is 0.137. The second kappa shape index (κ2) is 13.1. The number of hydrogen-bond donors (Lipinski definition) is 4. The van der Waals surface area contributed by atoms with Gasteiger partial charge in [0.15, 0.2) is 0 Å². The fraction of sp³-hybridized carbons (Fsp3) is 0.257. The molecule has 2 heterocycles. The molecule has 0 saturated heterocycles. The molecule has 6 rings (SSSR count). The molecule has 12 nitrogen and oxygen atoms in total. The van der Waals surface area contributed by atoms with E-state index in [0.29, 0.717) is 81.4 Å². The fourth-order valence-corrected chi connectivity index (χ4v) is 6.24. The van der Waals surface area contributed by atoms with E-state index in [1.54, 1.807) is 48.5 Å². The Morgan fingerprint density at radius 2 is 0.957 bits per heavy atom. The average molecular weight is 635 g/mol. The van der Waals surface area contributed by atoms with Crippen LogP contribution in [0.1, 0.15) is 61.7 Å². The molecule has 4 N–H and O–H groups in total. The van der Waals surface area contributed by atoms with E-state index in [4.69, 9.17) is 0 Å². The van der Waals surface area contributed by atoms with Gasteiger partial charge in [-0.1, -0.05) is 24.3 Å². The van der Waals surface area contributed by atoms with Crippen molar-refractivity contribution in [3.05, 3.63) is 82.9 Å². The van der Waals surface area contributed by atoms with Gasteiger partial charge in [-0.05, 0) is 66.7 Å². The molecule has 0 bridgehead atoms. The molecular formula is C35H34N6O6. The molecule has 0 atom stereocenters. The van der Waals surface area contributed by atoms with Crippen LogP contribution in [0.4, 0.5) is 11.4 Å². The molecule has 2 aliphatic rings. The number of benzene rings is 4. The van der Waals surface area contributed by atoms with Gasteiger partial charge < -0.3 is 21.3 Å². The number of carbonyl (C=O) groups is 6. The van der Waals surface area contributed by atoms with E-state index >= 15 is 0 Å². The van der Waals surface area contributed by atoms with E-state index in [9.17, 15) is 28.8 Å². The van der Waals surface area contributed by atoms with Gasteiger partial charge in [0.2, 0.25) is 11.8 Å². The molecule has 2 aliphatic heterocycles. The predicted molar refractivity (Wildman–Crippen MR) is 178 cm³/mol. The number of nitrogens with zero attached hydrogens (tertiary/aromatic N) is 2. The molecule has 4 aromatic carbocycles. The Morgan fingerprint density at radius 1 is 0.553 bits per heavy atom. The Hall–Kier alpha value is -5.46. The van der Waals surface area contributed by atoms with Crippen LogP contribution in [-0.2, 0) is 9.59 Å². The van der Waals surface area contributed by atoms with E-state index in [1.165, 1.54) is 23.6 Å². The first-order chi connectivity index (χ1) is 22.6. The maximum atomic E-state index is 13.3. The molecule has 4 aromatic rings. The third kappa shape index (κ3) is 6.20. The molecule has 47 heavy (non-hydrogen) atoms. The summed E-state index contributed by atoms with van der Waals surface area (Å²) in [7, 11) is 0. The van der Waals surface area contributed by atoms with E-state index in [1.807, 2.05) is 12.1 Å². The highest BCUT2D eigenvalue weighted by atomic mass is 16.2. The lowest BCUT2D eigenvalue weighted by Gasteiger charge is -2.28. The zero-order valence-electron chi connectivity index (χ0n) is 26.1. The number of amides is 6. The van der Waals surface area contributed by atoms with Crippen molar-refractivity contribution in [3.63, 3.8) is 0 Å². The van der Waals surface area contributed by atoms with Gasteiger partial charge in [-0.15, -0.1) is 0 Å². The minimum absolute atomic E-state index is 0.183. The second-order valence-corrected chi connectivity index (χ2v) is 11.6. The number of imide groups is 2. The van der Waals surface area contributed by atoms with Crippen LogP contribution in [-0.4, -0.2) is 84.5 Å². The Kier molecular flexibility index (Phi) is 8.79. The zero-order valence-corrected chi connectivity index (χ0v) is 26.1. The first-order valence-electron chi connectivity index (χ1n) is 15.5. The van der Waals surface area contributed by atoms with Crippen LogP contribution in [0.2, 0.25) is 0 Å². The topological polar surface area (TPSA) is 157 Å². The highest BCUT2D eigenvalue weighted by molar-refractivity contribution is 6.27. The highest BCUT2D eigenvalue weighted by Gasteiger charge is 2.34. The van der Waals surface area contributed by atoms with Crippen LogP contribution in [0.15, 0.2) is 60.7 Å². The van der Waals surface area contributed by atoms with Gasteiger partial charge in [0.25, 0.3) is 23.6 Å². The normalized spacial score (nSPS) is 13.9. The van der Waals surface area contributed by atoms with Crippen LogP contribution in [0.25, 0.3) is 21.5 Å². The highest BCUT2D eigenvalue weighted by Crippen LogP contribution is 2.34. The largest absolute Gasteiger partial charge is 0.326 e. The molecular weight excluding hydrogens is 600 g/mol. The lowest BCUT2D eigenvalue weighted by atomic mass is 9.93. The van der Waals surface area contributed by atoms with Crippen molar-refractivity contribution in [2.45, 2.75) is 20.3 Å². The SMILES string of the molecule is CC(=O)Nc1cc2c3c(cccc3c1)C(=O)N(CCNCCCNCCN1C(=O)c3cccc4cc(NC(C)=O)cc(c34)C1=O)C2=O. The van der Waals surface area contributed by atoms with Crippen LogP contribution in [0, 0.1) is 0 Å². The van der Waals surface area contributed by atoms with Crippen LogP contribution >= 0.6 is 0 Å². The molecule has 12 heteroatoms. The molecule has 240 valence electrons. The second-order valence-electron chi connectivity index (χ2n) is 11.6. The van der Waals surface area contributed by atoms with Crippen molar-refractivity contribution < 1.29 is 28.8 Å². The summed E-state index contributed by atoms with van der Waals surface area (Å²) in [5.74, 6) is -2.01. The van der Waals surface area contributed by atoms with Crippen molar-refractivity contribution in [3.8, 4) is 0 Å². The van der Waals surface area contributed by atoms with Crippen molar-refractivity contribution in [2.75, 3.05) is 49.9 Å². The smallest absolute Gasteiger partial charge is 0.261 e. The lowest BCUT2D eigenvalue weighted by Crippen LogP contribution is -2.44. The Bertz CT molecular complexity index is 1850. The van der Waals surface area contributed by atoms with E-state index in [-0.39, 0.29) is 36.7 Å². The Balaban J connectivity index is 0.975. The first kappa shape index (κ1) is 31.5. The van der Waals surface area contributed by atoms with Gasteiger partial charge in [0, 0.05) is 73.3 Å². The Morgan fingerprint density at radius 3 is 1.36 bits per heavy atom. The van der Waals surface area contributed by atoms with E-state index < -0.39 is 11.8 Å². The third-order valence-corrected chi connectivity index (χ3v) is 8.23. The summed E-state index contributed by atoms with van der Waals surface area (Å²) in [4.78, 5) is 78.7. The van der Waals surface area contributed by atoms with Crippen molar-refractivity contribution in [1.29, 1.82) is 0 Å². The van der Waals surface area contributed by atoms with E-state index in [0.717, 1.165) is 6.42 Å². The minimum atomic E-state index is -0.402. The average Bonchev–Trinajstić information content (AvgIpc) is 3.03.